The van der Waals surface area contributed by atoms with Crippen LogP contribution >= 0.6 is 0 Å². The van der Waals surface area contributed by atoms with Gasteiger partial charge in [-0.3, -0.25) is 0 Å². The van der Waals surface area contributed by atoms with Gasteiger partial charge in [-0.15, -0.1) is 0 Å². The molecule has 5 heteroatoms. The van der Waals surface area contributed by atoms with Crippen molar-refractivity contribution in [2.24, 2.45) is 4.99 Å². The van der Waals surface area contributed by atoms with Crippen molar-refractivity contribution in [3.8, 4) is 5.75 Å². The molecule has 134 valence electrons. The molecule has 0 amide bonds. The highest BCUT2D eigenvalue weighted by Gasteiger charge is 2.04. The van der Waals surface area contributed by atoms with E-state index in [-0.39, 0.29) is 0 Å². The predicted molar refractivity (Wildman–Crippen MR) is 103 cm³/mol. The Balaban J connectivity index is 2.63. The molecule has 0 aromatic heterocycles. The summed E-state index contributed by atoms with van der Waals surface area (Å²) in [6, 6.07) is 7.99. The molecule has 0 fully saturated rings. The zero-order valence-electron chi connectivity index (χ0n) is 15.3. The van der Waals surface area contributed by atoms with Gasteiger partial charge in [0.1, 0.15) is 12.4 Å². The molecule has 0 aliphatic carbocycles. The van der Waals surface area contributed by atoms with Crippen molar-refractivity contribution in [2.75, 3.05) is 39.3 Å². The molecule has 1 rings (SSSR count). The molecule has 1 aromatic rings. The van der Waals surface area contributed by atoms with Gasteiger partial charge in [0, 0.05) is 25.2 Å². The molecule has 0 saturated carbocycles. The fourth-order valence-corrected chi connectivity index (χ4v) is 2.30. The minimum absolute atomic E-state index is 0.503. The van der Waals surface area contributed by atoms with Crippen LogP contribution < -0.4 is 15.4 Å². The topological polar surface area (TPSA) is 48.9 Å². The Bertz CT molecular complexity index is 498. The molecule has 0 atom stereocenters. The summed E-state index contributed by atoms with van der Waals surface area (Å²) < 4.78 is 5.69. The highest BCUT2D eigenvalue weighted by molar-refractivity contribution is 5.79. The number of nitrogens with zero attached hydrogens (tertiary/aromatic N) is 2. The zero-order chi connectivity index (χ0) is 17.6. The summed E-state index contributed by atoms with van der Waals surface area (Å²) in [6.07, 6.45) is 1.75. The van der Waals surface area contributed by atoms with Crippen LogP contribution in [0.2, 0.25) is 0 Å². The molecule has 1 aromatic carbocycles. The van der Waals surface area contributed by atoms with Gasteiger partial charge in [0.15, 0.2) is 5.96 Å². The van der Waals surface area contributed by atoms with Crippen LogP contribution in [0.1, 0.15) is 26.3 Å². The van der Waals surface area contributed by atoms with E-state index in [2.05, 4.69) is 47.9 Å². The summed E-state index contributed by atoms with van der Waals surface area (Å²) in [5.41, 5.74) is 1.07. The average Bonchev–Trinajstić information content (AvgIpc) is 2.62. The Hall–Kier alpha value is -2.01. The smallest absolute Gasteiger partial charge is 0.191 e. The van der Waals surface area contributed by atoms with Gasteiger partial charge in [-0.25, -0.2) is 4.99 Å². The third-order valence-electron chi connectivity index (χ3n) is 3.70. The Morgan fingerprint density at radius 2 is 1.96 bits per heavy atom. The first-order valence-corrected chi connectivity index (χ1v) is 8.81. The molecule has 0 aliphatic rings. The number of hydrogen-bond acceptors (Lipinski definition) is 3. The number of aliphatic imine (C=N–C) groups is 1. The Morgan fingerprint density at radius 3 is 2.62 bits per heavy atom. The number of guanidine groups is 1. The molecule has 0 unspecified atom stereocenters. The lowest BCUT2D eigenvalue weighted by Crippen LogP contribution is -2.41. The van der Waals surface area contributed by atoms with E-state index in [4.69, 9.17) is 4.74 Å². The van der Waals surface area contributed by atoms with Gasteiger partial charge in [-0.2, -0.15) is 0 Å². The molecule has 0 saturated heterocycles. The van der Waals surface area contributed by atoms with Crippen LogP contribution in [0, 0.1) is 0 Å². The van der Waals surface area contributed by atoms with Crippen LogP contribution in [0.5, 0.6) is 5.75 Å². The molecule has 0 heterocycles. The van der Waals surface area contributed by atoms with E-state index >= 15 is 0 Å². The van der Waals surface area contributed by atoms with Crippen LogP contribution in [0.15, 0.2) is 41.9 Å². The fraction of sp³-hybridized carbons (Fsp3) is 0.526. The first-order valence-electron chi connectivity index (χ1n) is 8.81. The third-order valence-corrected chi connectivity index (χ3v) is 3.70. The first-order chi connectivity index (χ1) is 11.7. The summed E-state index contributed by atoms with van der Waals surface area (Å²) in [7, 11) is 0. The van der Waals surface area contributed by atoms with Gasteiger partial charge in [0.05, 0.1) is 6.54 Å². The number of benzene rings is 1. The van der Waals surface area contributed by atoms with E-state index in [1.807, 2.05) is 24.3 Å². The molecule has 0 aliphatic heterocycles. The average molecular weight is 332 g/mol. The molecule has 5 nitrogen and oxygen atoms in total. The Morgan fingerprint density at radius 1 is 1.21 bits per heavy atom. The second-order valence-electron chi connectivity index (χ2n) is 5.36. The van der Waals surface area contributed by atoms with E-state index in [1.165, 1.54) is 0 Å². The maximum atomic E-state index is 5.69. The summed E-state index contributed by atoms with van der Waals surface area (Å²) >= 11 is 0. The van der Waals surface area contributed by atoms with Crippen LogP contribution in [0.3, 0.4) is 0 Å². The summed E-state index contributed by atoms with van der Waals surface area (Å²) in [5.74, 6) is 1.70. The van der Waals surface area contributed by atoms with E-state index in [0.717, 1.165) is 50.0 Å². The van der Waals surface area contributed by atoms with E-state index in [1.54, 1.807) is 6.08 Å². The van der Waals surface area contributed by atoms with E-state index in [9.17, 15) is 0 Å². The summed E-state index contributed by atoms with van der Waals surface area (Å²) in [6.45, 7) is 16.1. The van der Waals surface area contributed by atoms with Crippen molar-refractivity contribution in [2.45, 2.75) is 27.3 Å². The van der Waals surface area contributed by atoms with Crippen LogP contribution in [-0.2, 0) is 6.54 Å². The molecule has 0 bridgehead atoms. The van der Waals surface area contributed by atoms with E-state index in [0.29, 0.717) is 13.2 Å². The van der Waals surface area contributed by atoms with Gasteiger partial charge in [0.25, 0.3) is 0 Å². The minimum atomic E-state index is 0.503. The molecular formula is C19H32N4O. The van der Waals surface area contributed by atoms with Crippen molar-refractivity contribution in [3.63, 3.8) is 0 Å². The van der Waals surface area contributed by atoms with Crippen molar-refractivity contribution < 1.29 is 4.74 Å². The lowest BCUT2D eigenvalue weighted by atomic mass is 10.2. The number of ether oxygens (including phenoxy) is 1. The zero-order valence-corrected chi connectivity index (χ0v) is 15.3. The van der Waals surface area contributed by atoms with Crippen molar-refractivity contribution in [1.82, 2.24) is 15.5 Å². The van der Waals surface area contributed by atoms with Crippen LogP contribution in [0.25, 0.3) is 0 Å². The second kappa shape index (κ2) is 12.4. The highest BCUT2D eigenvalue weighted by atomic mass is 16.5. The summed E-state index contributed by atoms with van der Waals surface area (Å²) in [4.78, 5) is 7.05. The van der Waals surface area contributed by atoms with Crippen molar-refractivity contribution >= 4 is 5.96 Å². The van der Waals surface area contributed by atoms with Crippen LogP contribution in [0.4, 0.5) is 0 Å². The number of rotatable bonds is 11. The van der Waals surface area contributed by atoms with Gasteiger partial charge in [-0.1, -0.05) is 44.7 Å². The Labute approximate surface area is 146 Å². The number of likely N-dealkylation sites (N-methyl/N-ethyl adjacent to an activating group) is 1. The normalized spacial score (nSPS) is 11.4. The second-order valence-corrected chi connectivity index (χ2v) is 5.36. The predicted octanol–water partition coefficient (Wildman–Crippen LogP) is 2.65. The van der Waals surface area contributed by atoms with Gasteiger partial charge in [0.2, 0.25) is 0 Å². The molecule has 24 heavy (non-hydrogen) atoms. The molecular weight excluding hydrogens is 300 g/mol. The number of para-hydroxylation sites is 1. The minimum Gasteiger partial charge on any atom is -0.489 e. The van der Waals surface area contributed by atoms with Crippen molar-refractivity contribution in [3.05, 3.63) is 42.5 Å². The lowest BCUT2D eigenvalue weighted by Gasteiger charge is -2.19. The van der Waals surface area contributed by atoms with E-state index < -0.39 is 0 Å². The Kier molecular flexibility index (Phi) is 10.4. The molecule has 2 N–H and O–H groups in total. The highest BCUT2D eigenvalue weighted by Crippen LogP contribution is 2.18. The van der Waals surface area contributed by atoms with Crippen LogP contribution in [-0.4, -0.2) is 50.2 Å². The quantitative estimate of drug-likeness (QED) is 0.372. The maximum Gasteiger partial charge on any atom is 0.191 e. The number of nitrogens with one attached hydrogen (secondary N) is 2. The number of hydrogen-bond donors (Lipinski definition) is 2. The monoisotopic (exact) mass is 332 g/mol. The van der Waals surface area contributed by atoms with Gasteiger partial charge in [-0.05, 0) is 26.1 Å². The molecule has 0 spiro atoms. The first kappa shape index (κ1) is 20.0. The largest absolute Gasteiger partial charge is 0.489 e. The van der Waals surface area contributed by atoms with Gasteiger partial charge >= 0.3 is 0 Å². The fourth-order valence-electron chi connectivity index (χ4n) is 2.30. The van der Waals surface area contributed by atoms with Crippen molar-refractivity contribution in [1.29, 1.82) is 0 Å². The summed E-state index contributed by atoms with van der Waals surface area (Å²) in [5, 5.41) is 6.68. The standard InChI is InChI=1S/C19H32N4O/c1-5-15-24-18-12-10-9-11-17(18)16-22-19(20-6-2)21-13-14-23(7-3)8-4/h5,9-12H,1,6-8,13-16H2,2-4H3,(H2,20,21,22). The molecule has 0 radical (unpaired) electrons. The third kappa shape index (κ3) is 7.51. The SMILES string of the molecule is C=CCOc1ccccc1CN=C(NCC)NCCN(CC)CC. The van der Waals surface area contributed by atoms with Gasteiger partial charge < -0.3 is 20.3 Å². The lowest BCUT2D eigenvalue weighted by molar-refractivity contribution is 0.308. The maximum absolute atomic E-state index is 5.69.